The van der Waals surface area contributed by atoms with Crippen LogP contribution in [0.15, 0.2) is 46.2 Å². The number of imidazole rings is 1. The highest BCUT2D eigenvalue weighted by Crippen LogP contribution is 2.10. The van der Waals surface area contributed by atoms with E-state index in [1.54, 1.807) is 19.9 Å². The molecule has 0 saturated heterocycles. The molecular formula is C19H18N4O3. The quantitative estimate of drug-likeness (QED) is 0.587. The highest BCUT2D eigenvalue weighted by Gasteiger charge is 2.16. The van der Waals surface area contributed by atoms with Crippen LogP contribution in [0.5, 0.6) is 0 Å². The highest BCUT2D eigenvalue weighted by atomic mass is 16.1. The Kier molecular flexibility index (Phi) is 4.79. The number of H-pyrrole nitrogens is 3. The lowest BCUT2D eigenvalue weighted by Crippen LogP contribution is -2.46. The molecule has 3 rings (SSSR count). The van der Waals surface area contributed by atoms with E-state index in [0.717, 1.165) is 5.56 Å². The number of aromatic nitrogens is 4. The number of hydrogen-bond donors (Lipinski definition) is 3. The first-order valence-electron chi connectivity index (χ1n) is 8.14. The largest absolute Gasteiger partial charge is 0.342 e. The third-order valence-corrected chi connectivity index (χ3v) is 3.82. The van der Waals surface area contributed by atoms with Gasteiger partial charge in [-0.2, -0.15) is 0 Å². The van der Waals surface area contributed by atoms with E-state index in [4.69, 9.17) is 0 Å². The predicted molar refractivity (Wildman–Crippen MR) is 98.3 cm³/mol. The van der Waals surface area contributed by atoms with E-state index in [2.05, 4.69) is 19.9 Å². The van der Waals surface area contributed by atoms with Gasteiger partial charge in [-0.3, -0.25) is 14.4 Å². The summed E-state index contributed by atoms with van der Waals surface area (Å²) in [4.78, 5) is 48.7. The maximum atomic E-state index is 12.3. The first-order chi connectivity index (χ1) is 12.5. The molecule has 132 valence electrons. The maximum absolute atomic E-state index is 12.3. The fourth-order valence-corrected chi connectivity index (χ4v) is 2.45. The van der Waals surface area contributed by atoms with Gasteiger partial charge in [0.15, 0.2) is 5.78 Å². The summed E-state index contributed by atoms with van der Waals surface area (Å²) in [5, 5.41) is 0.184. The van der Waals surface area contributed by atoms with E-state index in [-0.39, 0.29) is 22.4 Å². The normalized spacial score (nSPS) is 12.7. The molecule has 0 atom stereocenters. The zero-order chi connectivity index (χ0) is 18.7. The van der Waals surface area contributed by atoms with Crippen molar-refractivity contribution in [1.82, 2.24) is 19.9 Å². The minimum atomic E-state index is -0.474. The Morgan fingerprint density at radius 1 is 1.00 bits per heavy atom. The van der Waals surface area contributed by atoms with Gasteiger partial charge in [-0.25, -0.2) is 4.98 Å². The summed E-state index contributed by atoms with van der Waals surface area (Å²) in [6.07, 6.45) is 4.36. The number of ketones is 1. The molecule has 0 fully saturated rings. The number of carbonyl (C=O) groups excluding carboxylic acids is 1. The number of rotatable bonds is 4. The summed E-state index contributed by atoms with van der Waals surface area (Å²) >= 11 is 0. The SMILES string of the molecule is CC(C)C(=O)c1[nH]cnc1C=c1[nH]c(=O)c(=Cc2ccccc2)[nH]c1=O. The number of Topliss-reactive ketones (excluding diaryl/α,β-unsaturated/α-hetero) is 1. The lowest BCUT2D eigenvalue weighted by atomic mass is 10.0. The molecule has 7 nitrogen and oxygen atoms in total. The Hall–Kier alpha value is -3.48. The zero-order valence-corrected chi connectivity index (χ0v) is 14.4. The third-order valence-electron chi connectivity index (χ3n) is 3.82. The Morgan fingerprint density at radius 3 is 2.23 bits per heavy atom. The zero-order valence-electron chi connectivity index (χ0n) is 14.4. The number of aromatic amines is 3. The molecule has 2 aromatic heterocycles. The fourth-order valence-electron chi connectivity index (χ4n) is 2.45. The van der Waals surface area contributed by atoms with Crippen LogP contribution in [-0.4, -0.2) is 25.7 Å². The van der Waals surface area contributed by atoms with Crippen LogP contribution in [0, 0.1) is 5.92 Å². The molecule has 0 radical (unpaired) electrons. The Bertz CT molecular complexity index is 1170. The van der Waals surface area contributed by atoms with Crippen molar-refractivity contribution in [2.45, 2.75) is 13.8 Å². The molecule has 0 amide bonds. The summed E-state index contributed by atoms with van der Waals surface area (Å²) in [6.45, 7) is 3.55. The van der Waals surface area contributed by atoms with Crippen molar-refractivity contribution < 1.29 is 4.79 Å². The first kappa shape index (κ1) is 17.3. The van der Waals surface area contributed by atoms with Gasteiger partial charge in [-0.15, -0.1) is 0 Å². The van der Waals surface area contributed by atoms with Crippen molar-refractivity contribution >= 4 is 17.9 Å². The molecule has 26 heavy (non-hydrogen) atoms. The van der Waals surface area contributed by atoms with Crippen molar-refractivity contribution in [3.05, 3.63) is 85.0 Å². The van der Waals surface area contributed by atoms with Crippen LogP contribution in [0.1, 0.15) is 35.6 Å². The summed E-state index contributed by atoms with van der Waals surface area (Å²) in [7, 11) is 0. The molecule has 1 aromatic carbocycles. The summed E-state index contributed by atoms with van der Waals surface area (Å²) in [6, 6.07) is 9.19. The van der Waals surface area contributed by atoms with E-state index < -0.39 is 11.1 Å². The second-order valence-corrected chi connectivity index (χ2v) is 6.12. The number of nitrogens with zero attached hydrogens (tertiary/aromatic N) is 1. The van der Waals surface area contributed by atoms with Crippen LogP contribution in [0.25, 0.3) is 12.2 Å². The van der Waals surface area contributed by atoms with Gasteiger partial charge in [0, 0.05) is 5.92 Å². The summed E-state index contributed by atoms with van der Waals surface area (Å²) in [5.41, 5.74) is 0.497. The van der Waals surface area contributed by atoms with Gasteiger partial charge >= 0.3 is 0 Å². The highest BCUT2D eigenvalue weighted by molar-refractivity contribution is 5.98. The van der Waals surface area contributed by atoms with Crippen molar-refractivity contribution in [2.24, 2.45) is 5.92 Å². The van der Waals surface area contributed by atoms with Gasteiger partial charge < -0.3 is 15.0 Å². The number of benzene rings is 1. The average molecular weight is 350 g/mol. The first-order valence-corrected chi connectivity index (χ1v) is 8.14. The van der Waals surface area contributed by atoms with E-state index in [9.17, 15) is 14.4 Å². The molecule has 0 aliphatic carbocycles. The van der Waals surface area contributed by atoms with Crippen LogP contribution in [-0.2, 0) is 0 Å². The van der Waals surface area contributed by atoms with Crippen LogP contribution in [0.3, 0.4) is 0 Å². The topological polar surface area (TPSA) is 111 Å². The minimum absolute atomic E-state index is 0.0325. The number of carbonyl (C=O) groups is 1. The van der Waals surface area contributed by atoms with Crippen molar-refractivity contribution in [3.8, 4) is 0 Å². The van der Waals surface area contributed by atoms with Crippen LogP contribution >= 0.6 is 0 Å². The number of nitrogens with one attached hydrogen (secondary N) is 3. The smallest absolute Gasteiger partial charge is 0.272 e. The molecule has 0 spiro atoms. The van der Waals surface area contributed by atoms with E-state index in [1.807, 2.05) is 30.3 Å². The summed E-state index contributed by atoms with van der Waals surface area (Å²) < 4.78 is 0. The summed E-state index contributed by atoms with van der Waals surface area (Å²) in [5.74, 6) is -0.343. The van der Waals surface area contributed by atoms with E-state index >= 15 is 0 Å². The molecule has 3 aromatic rings. The third kappa shape index (κ3) is 3.61. The molecular weight excluding hydrogens is 332 g/mol. The van der Waals surface area contributed by atoms with Gasteiger partial charge in [0.05, 0.1) is 12.0 Å². The van der Waals surface area contributed by atoms with Gasteiger partial charge in [0.1, 0.15) is 16.4 Å². The van der Waals surface area contributed by atoms with E-state index in [1.165, 1.54) is 12.4 Å². The van der Waals surface area contributed by atoms with Gasteiger partial charge in [-0.05, 0) is 17.7 Å². The second kappa shape index (κ2) is 7.18. The fraction of sp³-hybridized carbons (Fsp3) is 0.158. The molecule has 0 aliphatic rings. The van der Waals surface area contributed by atoms with Crippen LogP contribution < -0.4 is 21.8 Å². The van der Waals surface area contributed by atoms with Gasteiger partial charge in [-0.1, -0.05) is 44.2 Å². The molecule has 0 aliphatic heterocycles. The molecule has 3 N–H and O–H groups in total. The second-order valence-electron chi connectivity index (χ2n) is 6.12. The van der Waals surface area contributed by atoms with E-state index in [0.29, 0.717) is 11.4 Å². The molecule has 0 unspecified atom stereocenters. The monoisotopic (exact) mass is 350 g/mol. The molecule has 2 heterocycles. The van der Waals surface area contributed by atoms with Gasteiger partial charge in [0.2, 0.25) is 0 Å². The average Bonchev–Trinajstić information content (AvgIpc) is 3.07. The number of hydrogen-bond acceptors (Lipinski definition) is 4. The maximum Gasteiger partial charge on any atom is 0.272 e. The van der Waals surface area contributed by atoms with Crippen LogP contribution in [0.4, 0.5) is 0 Å². The minimum Gasteiger partial charge on any atom is -0.342 e. The standard InChI is InChI=1S/C19H18N4O3/c1-11(2)17(24)16-13(20-10-21-16)9-15-19(26)22-14(18(25)23-15)8-12-6-4-3-5-7-12/h3-11H,1-2H3,(H,20,21)(H,22,26)(H,23,25). The Labute approximate surface area is 148 Å². The predicted octanol–water partition coefficient (Wildman–Crippen LogP) is 0.283. The lowest BCUT2D eigenvalue weighted by Gasteiger charge is -2.01. The lowest BCUT2D eigenvalue weighted by molar-refractivity contribution is 0.0934. The van der Waals surface area contributed by atoms with Crippen molar-refractivity contribution in [1.29, 1.82) is 0 Å². The Morgan fingerprint density at radius 2 is 1.62 bits per heavy atom. The van der Waals surface area contributed by atoms with Crippen molar-refractivity contribution in [3.63, 3.8) is 0 Å². The van der Waals surface area contributed by atoms with Gasteiger partial charge in [0.25, 0.3) is 11.1 Å². The van der Waals surface area contributed by atoms with Crippen molar-refractivity contribution in [2.75, 3.05) is 0 Å². The Balaban J connectivity index is 2.11. The molecule has 0 bridgehead atoms. The molecule has 0 saturated carbocycles. The van der Waals surface area contributed by atoms with Crippen LogP contribution in [0.2, 0.25) is 0 Å². The molecule has 7 heteroatoms.